The second-order valence-corrected chi connectivity index (χ2v) is 9.63. The second kappa shape index (κ2) is 10.5. The average Bonchev–Trinajstić information content (AvgIpc) is 2.80. The van der Waals surface area contributed by atoms with Crippen LogP contribution in [0.2, 0.25) is 0 Å². The van der Waals surface area contributed by atoms with E-state index in [4.69, 9.17) is 0 Å². The van der Waals surface area contributed by atoms with E-state index in [1.54, 1.807) is 19.1 Å². The fraction of sp³-hybridized carbons (Fsp3) is 0.261. The summed E-state index contributed by atoms with van der Waals surface area (Å²) in [4.78, 5) is 20.5. The number of nitrogens with zero attached hydrogens (tertiary/aromatic N) is 2. The van der Waals surface area contributed by atoms with Crippen LogP contribution in [0.15, 0.2) is 54.7 Å². The Bertz CT molecular complexity index is 1320. The predicted molar refractivity (Wildman–Crippen MR) is 121 cm³/mol. The van der Waals surface area contributed by atoms with Gasteiger partial charge in [-0.2, -0.15) is 13.2 Å². The molecule has 0 saturated heterocycles. The van der Waals surface area contributed by atoms with Gasteiger partial charge in [0.25, 0.3) is 0 Å². The minimum absolute atomic E-state index is 0.0119. The Balaban J connectivity index is 1.76. The van der Waals surface area contributed by atoms with Crippen molar-refractivity contribution in [2.45, 2.75) is 32.1 Å². The molecule has 0 radical (unpaired) electrons. The first-order chi connectivity index (χ1) is 16.3. The molecule has 0 aliphatic rings. The van der Waals surface area contributed by atoms with Crippen LogP contribution in [0.1, 0.15) is 35.2 Å². The number of pyridine rings is 2. The molecule has 186 valence electrons. The third kappa shape index (κ3) is 7.06. The molecule has 35 heavy (non-hydrogen) atoms. The Kier molecular flexibility index (Phi) is 7.86. The molecule has 2 aromatic heterocycles. The zero-order valence-electron chi connectivity index (χ0n) is 18.7. The van der Waals surface area contributed by atoms with E-state index in [1.807, 2.05) is 0 Å². The van der Waals surface area contributed by atoms with Crippen LogP contribution in [0.5, 0.6) is 0 Å². The zero-order valence-corrected chi connectivity index (χ0v) is 19.5. The van der Waals surface area contributed by atoms with Crippen molar-refractivity contribution in [3.05, 3.63) is 82.9 Å². The molecule has 1 amide bonds. The van der Waals surface area contributed by atoms with E-state index in [1.165, 1.54) is 30.5 Å². The van der Waals surface area contributed by atoms with E-state index in [0.29, 0.717) is 11.1 Å². The Labute approximate surface area is 199 Å². The maximum atomic E-state index is 14.4. The van der Waals surface area contributed by atoms with Gasteiger partial charge in [0.15, 0.2) is 0 Å². The normalized spacial score (nSPS) is 12.9. The lowest BCUT2D eigenvalue weighted by atomic mass is 9.98. The summed E-state index contributed by atoms with van der Waals surface area (Å²) in [7, 11) is -3.50. The first-order valence-electron chi connectivity index (χ1n) is 10.3. The summed E-state index contributed by atoms with van der Waals surface area (Å²) >= 11 is 0. The number of sulfonamides is 1. The molecule has 0 aliphatic heterocycles. The summed E-state index contributed by atoms with van der Waals surface area (Å²) in [5.41, 5.74) is -0.0900. The zero-order chi connectivity index (χ0) is 25.8. The van der Waals surface area contributed by atoms with E-state index in [0.717, 1.165) is 18.4 Å². The van der Waals surface area contributed by atoms with Gasteiger partial charge in [-0.05, 0) is 42.3 Å². The summed E-state index contributed by atoms with van der Waals surface area (Å²) in [5.74, 6) is -1.96. The third-order valence-corrected chi connectivity index (χ3v) is 5.79. The van der Waals surface area contributed by atoms with Gasteiger partial charge in [-0.25, -0.2) is 22.5 Å². The van der Waals surface area contributed by atoms with Gasteiger partial charge in [-0.1, -0.05) is 24.3 Å². The number of carbonyl (C=O) groups is 1. The van der Waals surface area contributed by atoms with Gasteiger partial charge in [0, 0.05) is 24.8 Å². The minimum Gasteiger partial charge on any atom is -0.351 e. The summed E-state index contributed by atoms with van der Waals surface area (Å²) in [6, 6.07) is 10.8. The molecule has 7 nitrogen and oxygen atoms in total. The fourth-order valence-corrected chi connectivity index (χ4v) is 3.60. The lowest BCUT2D eigenvalue weighted by Crippen LogP contribution is -2.28. The molecule has 3 aromatic rings. The fourth-order valence-electron chi connectivity index (χ4n) is 3.19. The van der Waals surface area contributed by atoms with Crippen molar-refractivity contribution in [2.24, 2.45) is 0 Å². The summed E-state index contributed by atoms with van der Waals surface area (Å²) < 4.78 is 78.5. The second-order valence-electron chi connectivity index (χ2n) is 7.80. The van der Waals surface area contributed by atoms with Gasteiger partial charge in [-0.15, -0.1) is 0 Å². The highest BCUT2D eigenvalue weighted by Crippen LogP contribution is 2.31. The average molecular weight is 511 g/mol. The number of benzene rings is 1. The van der Waals surface area contributed by atoms with Gasteiger partial charge in [0.1, 0.15) is 11.5 Å². The molecule has 1 atom stereocenters. The van der Waals surface area contributed by atoms with Crippen LogP contribution in [-0.2, 0) is 34.1 Å². The first-order valence-corrected chi connectivity index (χ1v) is 12.2. The summed E-state index contributed by atoms with van der Waals surface area (Å²) in [5, 5.41) is 2.64. The molecule has 0 saturated carbocycles. The largest absolute Gasteiger partial charge is 0.433 e. The van der Waals surface area contributed by atoms with Crippen molar-refractivity contribution in [1.82, 2.24) is 20.0 Å². The van der Waals surface area contributed by atoms with Crippen molar-refractivity contribution in [1.29, 1.82) is 0 Å². The standard InChI is InChI=1S/C23H22F4N4O3S/c1-14(15-6-7-16(18(24)11-15)13-30-35(2,33)34)22(32)29-12-17-8-9-20(23(25,26)27)31-21(17)19-5-3-4-10-28-19/h3-11,14,30H,12-13H2,1-2H3,(H,29,32). The van der Waals surface area contributed by atoms with Crippen molar-refractivity contribution in [3.63, 3.8) is 0 Å². The highest BCUT2D eigenvalue weighted by Gasteiger charge is 2.33. The number of alkyl halides is 3. The number of rotatable bonds is 8. The summed E-state index contributed by atoms with van der Waals surface area (Å²) in [6.45, 7) is 1.19. The molecule has 2 heterocycles. The van der Waals surface area contributed by atoms with Crippen LogP contribution in [0.25, 0.3) is 11.4 Å². The first kappa shape index (κ1) is 26.2. The van der Waals surface area contributed by atoms with Gasteiger partial charge < -0.3 is 5.32 Å². The molecule has 0 spiro atoms. The van der Waals surface area contributed by atoms with Crippen LogP contribution < -0.4 is 10.0 Å². The maximum Gasteiger partial charge on any atom is 0.433 e. The number of aromatic nitrogens is 2. The van der Waals surface area contributed by atoms with Crippen LogP contribution in [0.4, 0.5) is 17.6 Å². The monoisotopic (exact) mass is 510 g/mol. The highest BCUT2D eigenvalue weighted by atomic mass is 32.2. The molecule has 2 N–H and O–H groups in total. The van der Waals surface area contributed by atoms with Gasteiger partial charge in [0.2, 0.25) is 15.9 Å². The number of hydrogen-bond donors (Lipinski definition) is 2. The number of amides is 1. The number of halogens is 4. The molecular formula is C23H22F4N4O3S. The number of carbonyl (C=O) groups excluding carboxylic acids is 1. The molecule has 1 aromatic carbocycles. The van der Waals surface area contributed by atoms with Gasteiger partial charge >= 0.3 is 6.18 Å². The topological polar surface area (TPSA) is 101 Å². The lowest BCUT2D eigenvalue weighted by molar-refractivity contribution is -0.141. The molecular weight excluding hydrogens is 488 g/mol. The van der Waals surface area contributed by atoms with Crippen LogP contribution in [0, 0.1) is 5.82 Å². The molecule has 3 rings (SSSR count). The lowest BCUT2D eigenvalue weighted by Gasteiger charge is -2.16. The molecule has 0 bridgehead atoms. The molecule has 0 aliphatic carbocycles. The Morgan fingerprint density at radius 3 is 2.37 bits per heavy atom. The van der Waals surface area contributed by atoms with E-state index < -0.39 is 39.5 Å². The molecule has 1 unspecified atom stereocenters. The van der Waals surface area contributed by atoms with E-state index >= 15 is 0 Å². The van der Waals surface area contributed by atoms with Crippen molar-refractivity contribution in [2.75, 3.05) is 6.26 Å². The van der Waals surface area contributed by atoms with Crippen molar-refractivity contribution >= 4 is 15.9 Å². The van der Waals surface area contributed by atoms with E-state index in [9.17, 15) is 30.8 Å². The maximum absolute atomic E-state index is 14.4. The van der Waals surface area contributed by atoms with E-state index in [-0.39, 0.29) is 30.0 Å². The quantitative estimate of drug-likeness (QED) is 0.450. The number of nitrogens with one attached hydrogen (secondary N) is 2. The number of hydrogen-bond acceptors (Lipinski definition) is 5. The summed E-state index contributed by atoms with van der Waals surface area (Å²) in [6.07, 6.45) is -2.27. The third-order valence-electron chi connectivity index (χ3n) is 5.13. The Hall–Kier alpha value is -3.38. The molecule has 0 fully saturated rings. The van der Waals surface area contributed by atoms with Crippen LogP contribution >= 0.6 is 0 Å². The predicted octanol–water partition coefficient (Wildman–Crippen LogP) is 3.77. The smallest absolute Gasteiger partial charge is 0.351 e. The van der Waals surface area contributed by atoms with Crippen LogP contribution in [0.3, 0.4) is 0 Å². The SMILES string of the molecule is CC(C(=O)NCc1ccc(C(F)(F)F)nc1-c1ccccn1)c1ccc(CNS(C)(=O)=O)c(F)c1. The van der Waals surface area contributed by atoms with E-state index in [2.05, 4.69) is 20.0 Å². The Morgan fingerprint density at radius 2 is 1.77 bits per heavy atom. The Morgan fingerprint density at radius 1 is 1.06 bits per heavy atom. The van der Waals surface area contributed by atoms with Gasteiger partial charge in [-0.3, -0.25) is 9.78 Å². The highest BCUT2D eigenvalue weighted by molar-refractivity contribution is 7.88. The van der Waals surface area contributed by atoms with Crippen molar-refractivity contribution < 1.29 is 30.8 Å². The molecule has 12 heteroatoms. The van der Waals surface area contributed by atoms with Gasteiger partial charge in [0.05, 0.1) is 23.6 Å². The minimum atomic E-state index is -4.65. The van der Waals surface area contributed by atoms with Crippen molar-refractivity contribution in [3.8, 4) is 11.4 Å². The van der Waals surface area contributed by atoms with Crippen LogP contribution in [-0.4, -0.2) is 30.5 Å².